The average Bonchev–Trinajstić information content (AvgIpc) is 2.26. The van der Waals surface area contributed by atoms with E-state index in [4.69, 9.17) is 4.74 Å². The minimum absolute atomic E-state index is 0.460. The summed E-state index contributed by atoms with van der Waals surface area (Å²) >= 11 is 0. The van der Waals surface area contributed by atoms with Crippen LogP contribution in [0.5, 0.6) is 0 Å². The van der Waals surface area contributed by atoms with Crippen LogP contribution in [0.1, 0.15) is 33.6 Å². The quantitative estimate of drug-likeness (QED) is 0.749. The van der Waals surface area contributed by atoms with Crippen molar-refractivity contribution in [3.05, 3.63) is 0 Å². The number of ether oxygens (including phenoxy) is 1. The SMILES string of the molecule is CCOCC(C)NC(C)C1CCCN(C)C1. The van der Waals surface area contributed by atoms with Crippen molar-refractivity contribution in [1.82, 2.24) is 10.2 Å². The standard InChI is InChI=1S/C13H28N2O/c1-5-16-10-11(2)14-12(3)13-7-6-8-15(4)9-13/h11-14H,5-10H2,1-4H3. The molecule has 1 saturated heterocycles. The number of nitrogens with zero attached hydrogens (tertiary/aromatic N) is 1. The third-order valence-electron chi connectivity index (χ3n) is 3.49. The molecule has 0 spiro atoms. The van der Waals surface area contributed by atoms with Gasteiger partial charge in [0.05, 0.1) is 6.61 Å². The van der Waals surface area contributed by atoms with Crippen LogP contribution >= 0.6 is 0 Å². The monoisotopic (exact) mass is 228 g/mol. The van der Waals surface area contributed by atoms with E-state index in [2.05, 4.69) is 31.1 Å². The molecule has 0 bridgehead atoms. The van der Waals surface area contributed by atoms with Gasteiger partial charge in [0.1, 0.15) is 0 Å². The smallest absolute Gasteiger partial charge is 0.0616 e. The van der Waals surface area contributed by atoms with Crippen molar-refractivity contribution in [3.63, 3.8) is 0 Å². The number of hydrogen-bond acceptors (Lipinski definition) is 3. The molecule has 1 fully saturated rings. The second kappa shape index (κ2) is 7.25. The summed E-state index contributed by atoms with van der Waals surface area (Å²) in [6.07, 6.45) is 2.70. The lowest BCUT2D eigenvalue weighted by molar-refractivity contribution is 0.112. The Morgan fingerprint density at radius 1 is 1.44 bits per heavy atom. The summed E-state index contributed by atoms with van der Waals surface area (Å²) in [6.45, 7) is 10.7. The van der Waals surface area contributed by atoms with Crippen LogP contribution in [0.25, 0.3) is 0 Å². The third kappa shape index (κ3) is 4.81. The van der Waals surface area contributed by atoms with E-state index < -0.39 is 0 Å². The fraction of sp³-hybridized carbons (Fsp3) is 1.00. The van der Waals surface area contributed by atoms with Gasteiger partial charge >= 0.3 is 0 Å². The van der Waals surface area contributed by atoms with Gasteiger partial charge in [0.2, 0.25) is 0 Å². The number of likely N-dealkylation sites (tertiary alicyclic amines) is 1. The molecular weight excluding hydrogens is 200 g/mol. The van der Waals surface area contributed by atoms with Gasteiger partial charge in [-0.1, -0.05) is 0 Å². The predicted molar refractivity (Wildman–Crippen MR) is 68.8 cm³/mol. The fourth-order valence-corrected chi connectivity index (χ4v) is 2.54. The molecule has 0 aromatic rings. The molecule has 0 aromatic carbocycles. The summed E-state index contributed by atoms with van der Waals surface area (Å²) in [4.78, 5) is 2.44. The van der Waals surface area contributed by atoms with E-state index in [-0.39, 0.29) is 0 Å². The maximum absolute atomic E-state index is 5.43. The minimum atomic E-state index is 0.460. The molecule has 0 aliphatic carbocycles. The van der Waals surface area contributed by atoms with Crippen molar-refractivity contribution >= 4 is 0 Å². The lowest BCUT2D eigenvalue weighted by Crippen LogP contribution is -2.47. The van der Waals surface area contributed by atoms with E-state index in [1.54, 1.807) is 0 Å². The van der Waals surface area contributed by atoms with Crippen LogP contribution in [-0.4, -0.2) is 50.3 Å². The summed E-state index contributed by atoms with van der Waals surface area (Å²) in [5.41, 5.74) is 0. The maximum atomic E-state index is 5.43. The molecule has 0 amide bonds. The Balaban J connectivity index is 2.24. The predicted octanol–water partition coefficient (Wildman–Crippen LogP) is 1.73. The highest BCUT2D eigenvalue weighted by Gasteiger charge is 2.23. The first-order valence-electron chi connectivity index (χ1n) is 6.65. The lowest BCUT2D eigenvalue weighted by Gasteiger charge is -2.35. The van der Waals surface area contributed by atoms with Crippen LogP contribution < -0.4 is 5.32 Å². The van der Waals surface area contributed by atoms with Crippen molar-refractivity contribution in [1.29, 1.82) is 0 Å². The molecule has 3 unspecified atom stereocenters. The van der Waals surface area contributed by atoms with Crippen LogP contribution in [0.15, 0.2) is 0 Å². The van der Waals surface area contributed by atoms with Gasteiger partial charge in [0.15, 0.2) is 0 Å². The molecular formula is C13H28N2O. The van der Waals surface area contributed by atoms with Gasteiger partial charge in [-0.15, -0.1) is 0 Å². The zero-order chi connectivity index (χ0) is 12.0. The van der Waals surface area contributed by atoms with Crippen molar-refractivity contribution in [2.45, 2.75) is 45.7 Å². The Kier molecular flexibility index (Phi) is 6.32. The fourth-order valence-electron chi connectivity index (χ4n) is 2.54. The van der Waals surface area contributed by atoms with E-state index in [0.717, 1.165) is 19.1 Å². The first-order chi connectivity index (χ1) is 7.63. The summed E-state index contributed by atoms with van der Waals surface area (Å²) in [5.74, 6) is 0.794. The number of hydrogen-bond donors (Lipinski definition) is 1. The molecule has 16 heavy (non-hydrogen) atoms. The van der Waals surface area contributed by atoms with E-state index in [9.17, 15) is 0 Å². The zero-order valence-electron chi connectivity index (χ0n) is 11.3. The molecule has 3 heteroatoms. The van der Waals surface area contributed by atoms with Crippen LogP contribution in [0, 0.1) is 5.92 Å². The maximum Gasteiger partial charge on any atom is 0.0616 e. The molecule has 0 aromatic heterocycles. The Labute approximate surface area is 101 Å². The first kappa shape index (κ1) is 13.9. The zero-order valence-corrected chi connectivity index (χ0v) is 11.3. The first-order valence-corrected chi connectivity index (χ1v) is 6.65. The van der Waals surface area contributed by atoms with E-state index in [1.165, 1.54) is 25.9 Å². The van der Waals surface area contributed by atoms with E-state index in [0.29, 0.717) is 12.1 Å². The van der Waals surface area contributed by atoms with Gasteiger partial charge in [-0.05, 0) is 53.1 Å². The van der Waals surface area contributed by atoms with Crippen LogP contribution in [-0.2, 0) is 4.74 Å². The molecule has 1 rings (SSSR count). The topological polar surface area (TPSA) is 24.5 Å². The van der Waals surface area contributed by atoms with Crippen LogP contribution in [0.2, 0.25) is 0 Å². The van der Waals surface area contributed by atoms with Gasteiger partial charge in [-0.2, -0.15) is 0 Å². The Morgan fingerprint density at radius 2 is 2.19 bits per heavy atom. The highest BCUT2D eigenvalue weighted by Crippen LogP contribution is 2.18. The molecule has 0 radical (unpaired) electrons. The van der Waals surface area contributed by atoms with Gasteiger partial charge in [0, 0.05) is 25.2 Å². The van der Waals surface area contributed by atoms with E-state index in [1.807, 2.05) is 6.92 Å². The van der Waals surface area contributed by atoms with Gasteiger partial charge in [-0.25, -0.2) is 0 Å². The summed E-state index contributed by atoms with van der Waals surface area (Å²) in [5, 5.41) is 3.65. The average molecular weight is 228 g/mol. The molecule has 3 nitrogen and oxygen atoms in total. The highest BCUT2D eigenvalue weighted by atomic mass is 16.5. The molecule has 1 N–H and O–H groups in total. The van der Waals surface area contributed by atoms with Crippen molar-refractivity contribution in [3.8, 4) is 0 Å². The van der Waals surface area contributed by atoms with Crippen molar-refractivity contribution < 1.29 is 4.74 Å². The second-order valence-corrected chi connectivity index (χ2v) is 5.18. The number of piperidine rings is 1. The number of nitrogens with one attached hydrogen (secondary N) is 1. The second-order valence-electron chi connectivity index (χ2n) is 5.18. The summed E-state index contributed by atoms with van der Waals surface area (Å²) in [6, 6.07) is 1.06. The third-order valence-corrected chi connectivity index (χ3v) is 3.49. The van der Waals surface area contributed by atoms with E-state index >= 15 is 0 Å². The van der Waals surface area contributed by atoms with Crippen molar-refractivity contribution in [2.75, 3.05) is 33.4 Å². The lowest BCUT2D eigenvalue weighted by atomic mass is 9.91. The molecule has 1 aliphatic heterocycles. The Bertz CT molecular complexity index is 187. The Morgan fingerprint density at radius 3 is 2.81 bits per heavy atom. The molecule has 3 atom stereocenters. The normalized spacial score (nSPS) is 26.6. The van der Waals surface area contributed by atoms with Crippen LogP contribution in [0.4, 0.5) is 0 Å². The largest absolute Gasteiger partial charge is 0.380 e. The van der Waals surface area contributed by atoms with Gasteiger partial charge < -0.3 is 15.0 Å². The molecule has 1 aliphatic rings. The number of rotatable bonds is 6. The summed E-state index contributed by atoms with van der Waals surface area (Å²) in [7, 11) is 2.22. The molecule has 1 heterocycles. The van der Waals surface area contributed by atoms with Gasteiger partial charge in [-0.3, -0.25) is 0 Å². The molecule has 96 valence electrons. The van der Waals surface area contributed by atoms with Gasteiger partial charge in [0.25, 0.3) is 0 Å². The van der Waals surface area contributed by atoms with Crippen LogP contribution in [0.3, 0.4) is 0 Å². The van der Waals surface area contributed by atoms with Crippen molar-refractivity contribution in [2.24, 2.45) is 5.92 Å². The molecule has 0 saturated carbocycles. The minimum Gasteiger partial charge on any atom is -0.380 e. The highest BCUT2D eigenvalue weighted by molar-refractivity contribution is 4.80. The Hall–Kier alpha value is -0.120. The summed E-state index contributed by atoms with van der Waals surface area (Å²) < 4.78 is 5.43.